The molecule has 0 radical (unpaired) electrons. The Bertz CT molecular complexity index is 248. The van der Waals surface area contributed by atoms with Gasteiger partial charge in [0.05, 0.1) is 0 Å². The molecule has 0 aliphatic carbocycles. The van der Waals surface area contributed by atoms with Gasteiger partial charge in [0.15, 0.2) is 6.29 Å². The summed E-state index contributed by atoms with van der Waals surface area (Å²) in [6.45, 7) is 8.26. The molecule has 1 fully saturated rings. The molecule has 0 aromatic carbocycles. The van der Waals surface area contributed by atoms with Gasteiger partial charge in [-0.3, -0.25) is 4.90 Å². The van der Waals surface area contributed by atoms with E-state index in [0.29, 0.717) is 12.6 Å². The highest BCUT2D eigenvalue weighted by molar-refractivity contribution is 4.92. The monoisotopic (exact) mass is 259 g/mol. The van der Waals surface area contributed by atoms with Gasteiger partial charge >= 0.3 is 0 Å². The van der Waals surface area contributed by atoms with Crippen LogP contribution in [0.4, 0.5) is 0 Å². The van der Waals surface area contributed by atoms with Gasteiger partial charge in [0.1, 0.15) is 0 Å². The van der Waals surface area contributed by atoms with E-state index in [2.05, 4.69) is 30.7 Å². The summed E-state index contributed by atoms with van der Waals surface area (Å²) >= 11 is 0. The second-order valence-electron chi connectivity index (χ2n) is 5.58. The van der Waals surface area contributed by atoms with Crippen molar-refractivity contribution in [1.82, 2.24) is 9.80 Å². The fourth-order valence-electron chi connectivity index (χ4n) is 2.50. The van der Waals surface area contributed by atoms with Crippen LogP contribution in [0.3, 0.4) is 0 Å². The molecule has 0 amide bonds. The number of likely N-dealkylation sites (N-methyl/N-ethyl adjacent to an activating group) is 1. The van der Waals surface area contributed by atoms with E-state index < -0.39 is 0 Å². The third-order valence-electron chi connectivity index (χ3n) is 4.30. The molecule has 0 bridgehead atoms. The average Bonchev–Trinajstić information content (AvgIpc) is 2.38. The molecule has 18 heavy (non-hydrogen) atoms. The molecule has 1 heterocycles. The highest BCUT2D eigenvalue weighted by atomic mass is 16.7. The van der Waals surface area contributed by atoms with E-state index >= 15 is 0 Å². The van der Waals surface area contributed by atoms with Gasteiger partial charge in [-0.15, -0.1) is 0 Å². The van der Waals surface area contributed by atoms with Crippen LogP contribution in [-0.4, -0.2) is 75.1 Å². The molecule has 0 aromatic heterocycles. The zero-order valence-corrected chi connectivity index (χ0v) is 12.5. The van der Waals surface area contributed by atoms with Gasteiger partial charge in [0.2, 0.25) is 0 Å². The van der Waals surface area contributed by atoms with E-state index in [-0.39, 0.29) is 11.8 Å². The van der Waals surface area contributed by atoms with Gasteiger partial charge in [-0.2, -0.15) is 0 Å². The lowest BCUT2D eigenvalue weighted by Crippen LogP contribution is -2.61. The lowest BCUT2D eigenvalue weighted by Gasteiger charge is -2.48. The average molecular weight is 259 g/mol. The number of hydrogen-bond donors (Lipinski definition) is 1. The van der Waals surface area contributed by atoms with Crippen LogP contribution in [0.2, 0.25) is 0 Å². The molecule has 108 valence electrons. The first-order valence-corrected chi connectivity index (χ1v) is 6.67. The van der Waals surface area contributed by atoms with Crippen LogP contribution in [0.5, 0.6) is 0 Å². The summed E-state index contributed by atoms with van der Waals surface area (Å²) in [5, 5.41) is 0. The quantitative estimate of drug-likeness (QED) is 0.698. The largest absolute Gasteiger partial charge is 0.356 e. The summed E-state index contributed by atoms with van der Waals surface area (Å²) < 4.78 is 10.6. The van der Waals surface area contributed by atoms with Crippen LogP contribution in [0.25, 0.3) is 0 Å². The second kappa shape index (κ2) is 6.82. The number of piperazine rings is 1. The first kappa shape index (κ1) is 15.9. The van der Waals surface area contributed by atoms with Gasteiger partial charge in [-0.25, -0.2) is 0 Å². The molecule has 1 rings (SSSR count). The fourth-order valence-corrected chi connectivity index (χ4v) is 2.50. The molecule has 2 unspecified atom stereocenters. The molecule has 0 saturated carbocycles. The number of nitrogens with zero attached hydrogens (tertiary/aromatic N) is 2. The Morgan fingerprint density at radius 1 is 1.33 bits per heavy atom. The van der Waals surface area contributed by atoms with Crippen LogP contribution in [0.15, 0.2) is 0 Å². The van der Waals surface area contributed by atoms with Gasteiger partial charge in [-0.05, 0) is 20.9 Å². The van der Waals surface area contributed by atoms with Gasteiger partial charge in [-0.1, -0.05) is 0 Å². The van der Waals surface area contributed by atoms with E-state index in [0.717, 1.165) is 26.1 Å². The summed E-state index contributed by atoms with van der Waals surface area (Å²) in [6, 6.07) is 0.563. The minimum absolute atomic E-state index is 0.0633. The Hall–Kier alpha value is -0.200. The minimum Gasteiger partial charge on any atom is -0.356 e. The zero-order chi connectivity index (χ0) is 13.8. The topological polar surface area (TPSA) is 51.0 Å². The van der Waals surface area contributed by atoms with Crippen molar-refractivity contribution in [2.24, 2.45) is 5.73 Å². The molecule has 5 nitrogen and oxygen atoms in total. The predicted molar refractivity (Wildman–Crippen MR) is 73.5 cm³/mol. The molecule has 0 spiro atoms. The predicted octanol–water partition coefficient (Wildman–Crippen LogP) is 0.349. The van der Waals surface area contributed by atoms with Crippen molar-refractivity contribution in [3.8, 4) is 0 Å². The maximum Gasteiger partial charge on any atom is 0.158 e. The Kier molecular flexibility index (Phi) is 6.01. The number of rotatable bonds is 6. The van der Waals surface area contributed by atoms with E-state index in [1.165, 1.54) is 0 Å². The van der Waals surface area contributed by atoms with Gasteiger partial charge in [0.25, 0.3) is 0 Å². The lowest BCUT2D eigenvalue weighted by atomic mass is 9.93. The first-order chi connectivity index (χ1) is 8.46. The van der Waals surface area contributed by atoms with Crippen molar-refractivity contribution in [3.05, 3.63) is 0 Å². The van der Waals surface area contributed by atoms with Crippen LogP contribution in [-0.2, 0) is 9.47 Å². The highest BCUT2D eigenvalue weighted by Crippen LogP contribution is 2.24. The van der Waals surface area contributed by atoms with Crippen LogP contribution in [0.1, 0.15) is 20.3 Å². The molecular weight excluding hydrogens is 230 g/mol. The van der Waals surface area contributed by atoms with Crippen LogP contribution >= 0.6 is 0 Å². The fraction of sp³-hybridized carbons (Fsp3) is 1.00. The van der Waals surface area contributed by atoms with Crippen molar-refractivity contribution < 1.29 is 9.47 Å². The molecule has 1 aliphatic rings. The third-order valence-corrected chi connectivity index (χ3v) is 4.30. The summed E-state index contributed by atoms with van der Waals surface area (Å²) in [5.41, 5.74) is 5.95. The summed E-state index contributed by atoms with van der Waals surface area (Å²) in [4.78, 5) is 4.86. The van der Waals surface area contributed by atoms with E-state index in [9.17, 15) is 0 Å². The normalized spacial score (nSPS) is 26.5. The number of hydrogen-bond acceptors (Lipinski definition) is 5. The maximum atomic E-state index is 6.01. The van der Waals surface area contributed by atoms with Crippen LogP contribution in [0, 0.1) is 0 Å². The number of nitrogens with two attached hydrogens (primary N) is 1. The van der Waals surface area contributed by atoms with Crippen molar-refractivity contribution >= 4 is 0 Å². The van der Waals surface area contributed by atoms with Gasteiger partial charge in [0, 0.05) is 58.4 Å². The van der Waals surface area contributed by atoms with E-state index in [4.69, 9.17) is 15.2 Å². The number of ether oxygens (including phenoxy) is 2. The maximum absolute atomic E-state index is 6.01. The Labute approximate surface area is 111 Å². The van der Waals surface area contributed by atoms with Crippen molar-refractivity contribution in [1.29, 1.82) is 0 Å². The minimum atomic E-state index is -0.187. The lowest BCUT2D eigenvalue weighted by molar-refractivity contribution is -0.132. The second-order valence-corrected chi connectivity index (χ2v) is 5.58. The molecule has 1 saturated heterocycles. The van der Waals surface area contributed by atoms with Crippen molar-refractivity contribution in [3.63, 3.8) is 0 Å². The summed E-state index contributed by atoms with van der Waals surface area (Å²) in [5.74, 6) is 0. The number of methoxy groups -OCH3 is 2. The summed E-state index contributed by atoms with van der Waals surface area (Å²) in [7, 11) is 5.53. The van der Waals surface area contributed by atoms with Crippen LogP contribution < -0.4 is 5.73 Å². The SMILES string of the molecule is COC(CC(C)(CN)N1CCN(C)C(C)C1)OC. The van der Waals surface area contributed by atoms with E-state index in [1.807, 2.05) is 0 Å². The smallest absolute Gasteiger partial charge is 0.158 e. The van der Waals surface area contributed by atoms with E-state index in [1.54, 1.807) is 14.2 Å². The van der Waals surface area contributed by atoms with Crippen molar-refractivity contribution in [2.45, 2.75) is 38.1 Å². The zero-order valence-electron chi connectivity index (χ0n) is 12.5. The first-order valence-electron chi connectivity index (χ1n) is 6.67. The molecule has 5 heteroatoms. The molecule has 2 atom stereocenters. The van der Waals surface area contributed by atoms with Crippen molar-refractivity contribution in [2.75, 3.05) is 47.4 Å². The molecular formula is C13H29N3O2. The Morgan fingerprint density at radius 3 is 2.39 bits per heavy atom. The summed E-state index contributed by atoms with van der Waals surface area (Å²) in [6.07, 6.45) is 0.612. The molecule has 2 N–H and O–H groups in total. The Balaban J connectivity index is 2.68. The van der Waals surface area contributed by atoms with Gasteiger partial charge < -0.3 is 20.1 Å². The molecule has 0 aromatic rings. The Morgan fingerprint density at radius 2 is 1.94 bits per heavy atom. The standard InChI is InChI=1S/C13H29N3O2/c1-11-9-16(7-6-15(11)3)13(2,10-14)8-12(17-4)18-5/h11-12H,6-10,14H2,1-5H3. The highest BCUT2D eigenvalue weighted by Gasteiger charge is 2.36. The molecule has 1 aliphatic heterocycles. The third kappa shape index (κ3) is 3.65.